The van der Waals surface area contributed by atoms with Crippen LogP contribution in [0.2, 0.25) is 0 Å². The first-order valence-corrected chi connectivity index (χ1v) is 5.91. The van der Waals surface area contributed by atoms with E-state index in [1.807, 2.05) is 0 Å². The summed E-state index contributed by atoms with van der Waals surface area (Å²) in [6, 6.07) is -1.55. The quantitative estimate of drug-likeness (QED) is 0.605. The molecule has 4 nitrogen and oxygen atoms in total. The lowest BCUT2D eigenvalue weighted by Gasteiger charge is -2.25. The predicted octanol–water partition coefficient (Wildman–Crippen LogP) is 2.28. The van der Waals surface area contributed by atoms with E-state index in [0.717, 1.165) is 0 Å². The molecular formula is C11H16F5NO3. The van der Waals surface area contributed by atoms with Crippen LogP contribution in [0.1, 0.15) is 27.2 Å². The number of halogens is 5. The van der Waals surface area contributed by atoms with Crippen molar-refractivity contribution in [2.45, 2.75) is 45.3 Å². The summed E-state index contributed by atoms with van der Waals surface area (Å²) in [7, 11) is 0. The van der Waals surface area contributed by atoms with Crippen LogP contribution in [0.3, 0.4) is 0 Å². The standard InChI is InChI=1S/C11H16F5NO3/c1-4-6(3)7(8(18)20-5-2)17-9(19)10(12,13)11(14,15)16/h6-7H,4-5H2,1-3H3,(H,17,19). The van der Waals surface area contributed by atoms with Crippen LogP contribution < -0.4 is 5.32 Å². The summed E-state index contributed by atoms with van der Waals surface area (Å²) in [5.74, 6) is -9.83. The molecule has 0 saturated carbocycles. The van der Waals surface area contributed by atoms with Crippen LogP contribution in [0.15, 0.2) is 0 Å². The number of carbonyl (C=O) groups excluding carboxylic acids is 2. The Morgan fingerprint density at radius 3 is 2.00 bits per heavy atom. The van der Waals surface area contributed by atoms with Gasteiger partial charge in [0.1, 0.15) is 6.04 Å². The average molecular weight is 305 g/mol. The van der Waals surface area contributed by atoms with E-state index < -0.39 is 35.9 Å². The van der Waals surface area contributed by atoms with E-state index in [1.54, 1.807) is 6.92 Å². The summed E-state index contributed by atoms with van der Waals surface area (Å²) in [5.41, 5.74) is 0. The van der Waals surface area contributed by atoms with Crippen molar-refractivity contribution >= 4 is 11.9 Å². The van der Waals surface area contributed by atoms with Crippen LogP contribution in [0.25, 0.3) is 0 Å². The highest BCUT2D eigenvalue weighted by molar-refractivity contribution is 5.89. The molecule has 0 aliphatic carbocycles. The first-order valence-electron chi connectivity index (χ1n) is 5.91. The van der Waals surface area contributed by atoms with E-state index in [4.69, 9.17) is 0 Å². The van der Waals surface area contributed by atoms with Gasteiger partial charge in [-0.05, 0) is 12.8 Å². The molecule has 1 N–H and O–H groups in total. The smallest absolute Gasteiger partial charge is 0.463 e. The van der Waals surface area contributed by atoms with Gasteiger partial charge in [0, 0.05) is 0 Å². The van der Waals surface area contributed by atoms with Gasteiger partial charge < -0.3 is 10.1 Å². The fourth-order valence-corrected chi connectivity index (χ4v) is 1.26. The molecule has 0 spiro atoms. The molecule has 2 atom stereocenters. The Labute approximate surface area is 112 Å². The number of esters is 1. The third-order valence-electron chi connectivity index (χ3n) is 2.68. The van der Waals surface area contributed by atoms with Crippen molar-refractivity contribution in [1.29, 1.82) is 0 Å². The molecule has 0 fully saturated rings. The third-order valence-corrected chi connectivity index (χ3v) is 2.68. The van der Waals surface area contributed by atoms with Crippen molar-refractivity contribution in [3.8, 4) is 0 Å². The highest BCUT2D eigenvalue weighted by Crippen LogP contribution is 2.35. The summed E-state index contributed by atoms with van der Waals surface area (Å²) in [6.45, 7) is 4.37. The fraction of sp³-hybridized carbons (Fsp3) is 0.818. The molecule has 0 aromatic rings. The zero-order valence-electron chi connectivity index (χ0n) is 11.2. The highest BCUT2D eigenvalue weighted by Gasteiger charge is 2.63. The number of hydrogen-bond acceptors (Lipinski definition) is 3. The molecule has 0 heterocycles. The topological polar surface area (TPSA) is 55.4 Å². The van der Waals surface area contributed by atoms with Crippen LogP contribution in [0.4, 0.5) is 22.0 Å². The summed E-state index contributed by atoms with van der Waals surface area (Å²) in [5, 5.41) is 1.42. The molecule has 0 aromatic heterocycles. The summed E-state index contributed by atoms with van der Waals surface area (Å²) < 4.78 is 66.3. The Balaban J connectivity index is 5.09. The minimum Gasteiger partial charge on any atom is -0.464 e. The lowest BCUT2D eigenvalue weighted by Crippen LogP contribution is -2.56. The minimum absolute atomic E-state index is 0.0860. The molecule has 118 valence electrons. The van der Waals surface area contributed by atoms with Crippen LogP contribution in [0, 0.1) is 5.92 Å². The monoisotopic (exact) mass is 305 g/mol. The van der Waals surface area contributed by atoms with Crippen LogP contribution in [0.5, 0.6) is 0 Å². The minimum atomic E-state index is -6.02. The molecule has 20 heavy (non-hydrogen) atoms. The number of ether oxygens (including phenoxy) is 1. The van der Waals surface area contributed by atoms with Crippen molar-refractivity contribution in [2.75, 3.05) is 6.61 Å². The molecule has 0 saturated heterocycles. The van der Waals surface area contributed by atoms with E-state index >= 15 is 0 Å². The maximum Gasteiger partial charge on any atom is 0.463 e. The third kappa shape index (κ3) is 4.31. The molecule has 0 aromatic carbocycles. The van der Waals surface area contributed by atoms with Crippen molar-refractivity contribution in [3.05, 3.63) is 0 Å². The second-order valence-corrected chi connectivity index (χ2v) is 4.16. The molecule has 0 radical (unpaired) electrons. The van der Waals surface area contributed by atoms with E-state index in [2.05, 4.69) is 4.74 Å². The van der Waals surface area contributed by atoms with Gasteiger partial charge in [-0.2, -0.15) is 22.0 Å². The van der Waals surface area contributed by atoms with E-state index in [0.29, 0.717) is 0 Å². The lowest BCUT2D eigenvalue weighted by molar-refractivity contribution is -0.270. The molecule has 2 unspecified atom stereocenters. The number of carbonyl (C=O) groups is 2. The Kier molecular flexibility index (Phi) is 6.36. The Bertz CT molecular complexity index is 356. The highest BCUT2D eigenvalue weighted by atomic mass is 19.4. The average Bonchev–Trinajstić information content (AvgIpc) is 2.33. The Morgan fingerprint density at radius 1 is 1.15 bits per heavy atom. The Hall–Kier alpha value is -1.41. The molecule has 9 heteroatoms. The predicted molar refractivity (Wildman–Crippen MR) is 59.0 cm³/mol. The van der Waals surface area contributed by atoms with Gasteiger partial charge in [0.15, 0.2) is 0 Å². The lowest BCUT2D eigenvalue weighted by atomic mass is 9.99. The zero-order chi connectivity index (χ0) is 16.1. The van der Waals surface area contributed by atoms with Gasteiger partial charge in [0.05, 0.1) is 6.61 Å². The molecule has 1 amide bonds. The van der Waals surface area contributed by atoms with E-state index in [-0.39, 0.29) is 13.0 Å². The molecule has 0 rings (SSSR count). The molecular weight excluding hydrogens is 289 g/mol. The van der Waals surface area contributed by atoms with Gasteiger partial charge in [-0.3, -0.25) is 4.79 Å². The number of hydrogen-bond donors (Lipinski definition) is 1. The van der Waals surface area contributed by atoms with Crippen molar-refractivity contribution in [1.82, 2.24) is 5.32 Å². The van der Waals surface area contributed by atoms with Gasteiger partial charge >= 0.3 is 24.0 Å². The molecule has 0 bridgehead atoms. The largest absolute Gasteiger partial charge is 0.464 e. The maximum absolute atomic E-state index is 12.8. The SMILES string of the molecule is CCOC(=O)C(NC(=O)C(F)(F)C(F)(F)F)C(C)CC. The number of alkyl halides is 5. The van der Waals surface area contributed by atoms with Crippen molar-refractivity contribution in [2.24, 2.45) is 5.92 Å². The fourth-order valence-electron chi connectivity index (χ4n) is 1.26. The van der Waals surface area contributed by atoms with Crippen LogP contribution in [-0.4, -0.2) is 36.6 Å². The zero-order valence-corrected chi connectivity index (χ0v) is 11.2. The van der Waals surface area contributed by atoms with Crippen molar-refractivity contribution in [3.63, 3.8) is 0 Å². The van der Waals surface area contributed by atoms with E-state index in [9.17, 15) is 31.5 Å². The first kappa shape index (κ1) is 18.6. The Morgan fingerprint density at radius 2 is 1.65 bits per heavy atom. The van der Waals surface area contributed by atoms with Crippen LogP contribution in [-0.2, 0) is 14.3 Å². The summed E-state index contributed by atoms with van der Waals surface area (Å²) in [4.78, 5) is 22.6. The number of rotatable bonds is 6. The van der Waals surface area contributed by atoms with Gasteiger partial charge in [0.25, 0.3) is 0 Å². The van der Waals surface area contributed by atoms with E-state index in [1.165, 1.54) is 19.2 Å². The molecule has 0 aliphatic rings. The van der Waals surface area contributed by atoms with Crippen LogP contribution >= 0.6 is 0 Å². The normalized spacial score (nSPS) is 15.4. The summed E-state index contributed by atoms with van der Waals surface area (Å²) in [6.07, 6.45) is -5.74. The number of nitrogens with one attached hydrogen (secondary N) is 1. The van der Waals surface area contributed by atoms with Crippen molar-refractivity contribution < 1.29 is 36.3 Å². The van der Waals surface area contributed by atoms with Gasteiger partial charge in [0.2, 0.25) is 0 Å². The maximum atomic E-state index is 12.8. The second-order valence-electron chi connectivity index (χ2n) is 4.16. The second kappa shape index (κ2) is 6.85. The first-order chi connectivity index (χ1) is 8.98. The number of amides is 1. The van der Waals surface area contributed by atoms with Gasteiger partial charge in [-0.1, -0.05) is 20.3 Å². The summed E-state index contributed by atoms with van der Waals surface area (Å²) >= 11 is 0. The molecule has 0 aliphatic heterocycles. The van der Waals surface area contributed by atoms with Gasteiger partial charge in [-0.25, -0.2) is 4.79 Å². The van der Waals surface area contributed by atoms with Gasteiger partial charge in [-0.15, -0.1) is 0 Å².